The molecule has 1 aromatic rings. The van der Waals surface area contributed by atoms with Gasteiger partial charge in [0.05, 0.1) is 6.54 Å². The predicted octanol–water partition coefficient (Wildman–Crippen LogP) is 0.678. The summed E-state index contributed by atoms with van der Waals surface area (Å²) in [6.07, 6.45) is -0.861. The van der Waals surface area contributed by atoms with Crippen molar-refractivity contribution in [1.82, 2.24) is 10.9 Å². The molecule has 14 heavy (non-hydrogen) atoms. The van der Waals surface area contributed by atoms with Gasteiger partial charge in [-0.3, -0.25) is 5.43 Å². The molecule has 1 heterocycles. The van der Waals surface area contributed by atoms with E-state index < -0.39 is 6.09 Å². The highest BCUT2D eigenvalue weighted by Crippen LogP contribution is 2.21. The minimum absolute atomic E-state index is 0.164. The maximum absolute atomic E-state index is 10.9. The number of phenols is 1. The number of carbonyl (C=O) groups is 1. The number of carbonyl (C=O) groups excluding carboxylic acids is 1. The van der Waals surface area contributed by atoms with Gasteiger partial charge in [-0.1, -0.05) is 12.1 Å². The standard InChI is InChI=1S/C9H10N2O3/c12-7-3-1-2-6(4-7)8-5-10-11-9(13)14-8/h1-4,8,10,12H,5H2,(H,11,13). The fourth-order valence-electron chi connectivity index (χ4n) is 1.33. The summed E-state index contributed by atoms with van der Waals surface area (Å²) >= 11 is 0. The lowest BCUT2D eigenvalue weighted by atomic mass is 10.1. The molecular weight excluding hydrogens is 184 g/mol. The number of ether oxygens (including phenoxy) is 1. The van der Waals surface area contributed by atoms with E-state index in [4.69, 9.17) is 4.74 Å². The van der Waals surface area contributed by atoms with Gasteiger partial charge >= 0.3 is 6.09 Å². The van der Waals surface area contributed by atoms with Gasteiger partial charge in [0.25, 0.3) is 0 Å². The summed E-state index contributed by atoms with van der Waals surface area (Å²) in [5.41, 5.74) is 5.79. The fourth-order valence-corrected chi connectivity index (χ4v) is 1.33. The number of rotatable bonds is 1. The third-order valence-corrected chi connectivity index (χ3v) is 1.97. The monoisotopic (exact) mass is 194 g/mol. The summed E-state index contributed by atoms with van der Waals surface area (Å²) in [6.45, 7) is 0.481. The maximum Gasteiger partial charge on any atom is 0.422 e. The zero-order valence-corrected chi connectivity index (χ0v) is 7.36. The minimum atomic E-state index is -0.510. The van der Waals surface area contributed by atoms with Crippen LogP contribution >= 0.6 is 0 Å². The van der Waals surface area contributed by atoms with E-state index in [1.165, 1.54) is 0 Å². The van der Waals surface area contributed by atoms with E-state index in [1.807, 2.05) is 0 Å². The van der Waals surface area contributed by atoms with E-state index in [2.05, 4.69) is 10.9 Å². The van der Waals surface area contributed by atoms with Gasteiger partial charge in [-0.2, -0.15) is 0 Å². The van der Waals surface area contributed by atoms with Crippen LogP contribution in [0.4, 0.5) is 4.79 Å². The lowest BCUT2D eigenvalue weighted by Gasteiger charge is -2.24. The van der Waals surface area contributed by atoms with Crippen LogP contribution in [0.15, 0.2) is 24.3 Å². The summed E-state index contributed by atoms with van der Waals surface area (Å²) in [7, 11) is 0. The van der Waals surface area contributed by atoms with Crippen molar-refractivity contribution in [2.45, 2.75) is 6.10 Å². The number of benzene rings is 1. The molecule has 1 aromatic carbocycles. The zero-order chi connectivity index (χ0) is 9.97. The second-order valence-electron chi connectivity index (χ2n) is 2.99. The Morgan fingerprint density at radius 2 is 2.36 bits per heavy atom. The molecule has 3 N–H and O–H groups in total. The highest BCUT2D eigenvalue weighted by Gasteiger charge is 2.21. The van der Waals surface area contributed by atoms with Crippen molar-refractivity contribution in [3.8, 4) is 5.75 Å². The highest BCUT2D eigenvalue weighted by molar-refractivity contribution is 5.67. The number of hydrogen-bond donors (Lipinski definition) is 3. The largest absolute Gasteiger partial charge is 0.508 e. The number of aromatic hydroxyl groups is 1. The molecule has 0 aromatic heterocycles. The van der Waals surface area contributed by atoms with Crippen molar-refractivity contribution in [1.29, 1.82) is 0 Å². The van der Waals surface area contributed by atoms with E-state index >= 15 is 0 Å². The number of hydrogen-bond acceptors (Lipinski definition) is 4. The van der Waals surface area contributed by atoms with E-state index in [9.17, 15) is 9.90 Å². The van der Waals surface area contributed by atoms with Crippen LogP contribution in [0, 0.1) is 0 Å². The summed E-state index contributed by atoms with van der Waals surface area (Å²) in [6, 6.07) is 6.65. The first-order chi connectivity index (χ1) is 6.75. The number of hydrazine groups is 1. The quantitative estimate of drug-likeness (QED) is 0.614. The molecule has 5 nitrogen and oxygen atoms in total. The summed E-state index contributed by atoms with van der Waals surface area (Å²) in [5.74, 6) is 0.164. The number of cyclic esters (lactones) is 1. The van der Waals surface area contributed by atoms with Gasteiger partial charge < -0.3 is 9.84 Å². The molecule has 0 spiro atoms. The van der Waals surface area contributed by atoms with Crippen LogP contribution in [0.1, 0.15) is 11.7 Å². The molecule has 0 saturated carbocycles. The molecule has 0 aliphatic carbocycles. The highest BCUT2D eigenvalue weighted by atomic mass is 16.6. The smallest absolute Gasteiger partial charge is 0.422 e. The van der Waals surface area contributed by atoms with E-state index in [1.54, 1.807) is 24.3 Å². The minimum Gasteiger partial charge on any atom is -0.508 e. The van der Waals surface area contributed by atoms with Crippen molar-refractivity contribution in [2.24, 2.45) is 0 Å². The zero-order valence-electron chi connectivity index (χ0n) is 7.36. The lowest BCUT2D eigenvalue weighted by molar-refractivity contribution is 0.0677. The van der Waals surface area contributed by atoms with Crippen molar-refractivity contribution in [2.75, 3.05) is 6.54 Å². The molecule has 1 aliphatic rings. The van der Waals surface area contributed by atoms with Crippen molar-refractivity contribution >= 4 is 6.09 Å². The van der Waals surface area contributed by atoms with Crippen LogP contribution in [0.5, 0.6) is 5.75 Å². The maximum atomic E-state index is 10.9. The van der Waals surface area contributed by atoms with Gasteiger partial charge in [-0.05, 0) is 17.7 Å². The van der Waals surface area contributed by atoms with Crippen LogP contribution in [0.3, 0.4) is 0 Å². The first-order valence-electron chi connectivity index (χ1n) is 4.24. The third-order valence-electron chi connectivity index (χ3n) is 1.97. The van der Waals surface area contributed by atoms with Gasteiger partial charge in [0.15, 0.2) is 0 Å². The van der Waals surface area contributed by atoms with Crippen LogP contribution in [-0.2, 0) is 4.74 Å². The van der Waals surface area contributed by atoms with E-state index in [0.717, 1.165) is 5.56 Å². The van der Waals surface area contributed by atoms with Crippen LogP contribution in [0.2, 0.25) is 0 Å². The number of amides is 1. The number of nitrogens with one attached hydrogen (secondary N) is 2. The Hall–Kier alpha value is -1.75. The Morgan fingerprint density at radius 3 is 3.07 bits per heavy atom. The third kappa shape index (κ3) is 1.77. The molecule has 1 atom stereocenters. The summed E-state index contributed by atoms with van der Waals surface area (Å²) in [4.78, 5) is 10.9. The molecule has 0 bridgehead atoms. The summed E-state index contributed by atoms with van der Waals surface area (Å²) < 4.78 is 5.00. The van der Waals surface area contributed by atoms with Crippen molar-refractivity contribution in [3.05, 3.63) is 29.8 Å². The Morgan fingerprint density at radius 1 is 1.50 bits per heavy atom. The first-order valence-corrected chi connectivity index (χ1v) is 4.24. The molecular formula is C9H10N2O3. The second-order valence-corrected chi connectivity index (χ2v) is 2.99. The topological polar surface area (TPSA) is 70.6 Å². The normalized spacial score (nSPS) is 21.1. The van der Waals surface area contributed by atoms with Gasteiger partial charge in [-0.15, -0.1) is 0 Å². The first kappa shape index (κ1) is 8.83. The Balaban J connectivity index is 2.17. The van der Waals surface area contributed by atoms with Crippen LogP contribution in [-0.4, -0.2) is 17.7 Å². The molecule has 0 radical (unpaired) electrons. The molecule has 1 amide bonds. The Kier molecular flexibility index (Phi) is 2.24. The lowest BCUT2D eigenvalue weighted by Crippen LogP contribution is -2.46. The molecule has 5 heteroatoms. The van der Waals surface area contributed by atoms with Crippen LogP contribution < -0.4 is 10.9 Å². The van der Waals surface area contributed by atoms with Gasteiger partial charge in [0.1, 0.15) is 11.9 Å². The molecule has 2 rings (SSSR count). The van der Waals surface area contributed by atoms with Crippen LogP contribution in [0.25, 0.3) is 0 Å². The number of phenolic OH excluding ortho intramolecular Hbond substituents is 1. The average molecular weight is 194 g/mol. The second kappa shape index (κ2) is 3.55. The SMILES string of the molecule is O=C1NNCC(c2cccc(O)c2)O1. The molecule has 1 unspecified atom stereocenters. The molecule has 1 saturated heterocycles. The van der Waals surface area contributed by atoms with Gasteiger partial charge in [0, 0.05) is 0 Å². The average Bonchev–Trinajstić information content (AvgIpc) is 2.18. The van der Waals surface area contributed by atoms with E-state index in [0.29, 0.717) is 6.54 Å². The van der Waals surface area contributed by atoms with Gasteiger partial charge in [0.2, 0.25) is 0 Å². The van der Waals surface area contributed by atoms with Gasteiger partial charge in [-0.25, -0.2) is 10.2 Å². The Bertz CT molecular complexity index is 354. The molecule has 74 valence electrons. The van der Waals surface area contributed by atoms with Crippen molar-refractivity contribution in [3.63, 3.8) is 0 Å². The molecule has 1 aliphatic heterocycles. The Labute approximate surface area is 80.7 Å². The summed E-state index contributed by atoms with van der Waals surface area (Å²) in [5, 5.41) is 9.23. The van der Waals surface area contributed by atoms with E-state index in [-0.39, 0.29) is 11.9 Å². The predicted molar refractivity (Wildman–Crippen MR) is 48.5 cm³/mol. The molecule has 1 fully saturated rings. The van der Waals surface area contributed by atoms with Crippen molar-refractivity contribution < 1.29 is 14.6 Å². The fraction of sp³-hybridized carbons (Fsp3) is 0.222.